The van der Waals surface area contributed by atoms with Crippen LogP contribution in [0.4, 0.5) is 0 Å². The number of hydrogen-bond donors (Lipinski definition) is 3. The van der Waals surface area contributed by atoms with Crippen molar-refractivity contribution in [2.24, 2.45) is 11.8 Å². The minimum atomic E-state index is -2.62. The number of carbonyl (C=O) groups is 2. The Morgan fingerprint density at radius 3 is 2.62 bits per heavy atom. The molecule has 26 heavy (non-hydrogen) atoms. The van der Waals surface area contributed by atoms with Gasteiger partial charge in [0.25, 0.3) is 0 Å². The molecule has 0 spiro atoms. The van der Waals surface area contributed by atoms with E-state index in [-0.39, 0.29) is 18.8 Å². The molecule has 3 N–H and O–H groups in total. The molecule has 0 aliphatic carbocycles. The van der Waals surface area contributed by atoms with Crippen molar-refractivity contribution in [3.05, 3.63) is 11.6 Å². The van der Waals surface area contributed by atoms with Crippen LogP contribution in [0.3, 0.4) is 0 Å². The van der Waals surface area contributed by atoms with Crippen LogP contribution in [0.15, 0.2) is 11.6 Å². The summed E-state index contributed by atoms with van der Waals surface area (Å²) in [4.78, 5) is 27.5. The maximum atomic E-state index is 12.8. The molecule has 0 aromatic carbocycles. The largest absolute Gasteiger partial charge is 0.460 e. The van der Waals surface area contributed by atoms with Crippen molar-refractivity contribution in [2.75, 3.05) is 19.7 Å². The Kier molecular flexibility index (Phi) is 5.13. The highest BCUT2D eigenvalue weighted by Gasteiger charge is 2.56. The van der Waals surface area contributed by atoms with E-state index in [9.17, 15) is 24.9 Å². The van der Waals surface area contributed by atoms with Crippen LogP contribution in [0, 0.1) is 11.8 Å². The standard InChI is InChI=1S/C18H27NO7/c1-9(2)13-15(21)18(24,10(3)20)17(23)25-8-11-4-6-19-7-5-12(14(11)19)26-16(13)22/h4,9-10,12-15,20-21,24H,5-8H2,1-3H3. The smallest absolute Gasteiger partial charge is 0.344 e. The topological polar surface area (TPSA) is 117 Å². The monoisotopic (exact) mass is 369 g/mol. The number of carbonyl (C=O) groups excluding carboxylic acids is 2. The zero-order valence-electron chi connectivity index (χ0n) is 15.3. The molecular weight excluding hydrogens is 342 g/mol. The van der Waals surface area contributed by atoms with E-state index in [2.05, 4.69) is 4.90 Å². The van der Waals surface area contributed by atoms with Crippen molar-refractivity contribution in [3.8, 4) is 0 Å². The molecule has 2 fully saturated rings. The van der Waals surface area contributed by atoms with E-state index in [1.807, 2.05) is 6.08 Å². The Morgan fingerprint density at radius 2 is 2.00 bits per heavy atom. The average molecular weight is 369 g/mol. The van der Waals surface area contributed by atoms with Crippen molar-refractivity contribution in [1.29, 1.82) is 0 Å². The van der Waals surface area contributed by atoms with Crippen LogP contribution >= 0.6 is 0 Å². The van der Waals surface area contributed by atoms with Gasteiger partial charge in [-0.15, -0.1) is 0 Å². The fourth-order valence-electron chi connectivity index (χ4n) is 4.20. The van der Waals surface area contributed by atoms with Crippen LogP contribution in [0.1, 0.15) is 27.2 Å². The number of aliphatic hydroxyl groups is 3. The molecule has 146 valence electrons. The van der Waals surface area contributed by atoms with E-state index in [4.69, 9.17) is 9.47 Å². The highest BCUT2D eigenvalue weighted by Crippen LogP contribution is 2.36. The van der Waals surface area contributed by atoms with E-state index in [1.165, 1.54) is 6.92 Å². The first-order valence-electron chi connectivity index (χ1n) is 9.07. The zero-order chi connectivity index (χ0) is 19.2. The van der Waals surface area contributed by atoms with Gasteiger partial charge in [0, 0.05) is 13.1 Å². The number of rotatable bonds is 2. The summed E-state index contributed by atoms with van der Waals surface area (Å²) in [5, 5.41) is 31.5. The lowest BCUT2D eigenvalue weighted by atomic mass is 9.78. The Bertz CT molecular complexity index is 617. The summed E-state index contributed by atoms with van der Waals surface area (Å²) in [7, 11) is 0. The highest BCUT2D eigenvalue weighted by molar-refractivity contribution is 5.83. The molecule has 3 rings (SSSR count). The number of aliphatic hydroxyl groups excluding tert-OH is 2. The molecule has 0 amide bonds. The maximum absolute atomic E-state index is 12.8. The number of esters is 2. The van der Waals surface area contributed by atoms with E-state index >= 15 is 0 Å². The Morgan fingerprint density at radius 1 is 1.31 bits per heavy atom. The second-order valence-corrected chi connectivity index (χ2v) is 7.77. The first-order chi connectivity index (χ1) is 12.2. The van der Waals surface area contributed by atoms with Gasteiger partial charge in [-0.2, -0.15) is 0 Å². The van der Waals surface area contributed by atoms with Crippen molar-refractivity contribution in [1.82, 2.24) is 4.90 Å². The van der Waals surface area contributed by atoms with E-state index in [0.29, 0.717) is 13.0 Å². The Balaban J connectivity index is 2.01. The molecule has 8 heteroatoms. The molecule has 6 unspecified atom stereocenters. The summed E-state index contributed by atoms with van der Waals surface area (Å²) in [6.45, 7) is 5.92. The molecule has 0 aromatic heterocycles. The third kappa shape index (κ3) is 2.94. The van der Waals surface area contributed by atoms with Gasteiger partial charge >= 0.3 is 11.9 Å². The lowest BCUT2D eigenvalue weighted by molar-refractivity contribution is -0.206. The Labute approximate surface area is 152 Å². The molecule has 0 radical (unpaired) electrons. The number of hydrogen-bond acceptors (Lipinski definition) is 8. The molecule has 8 nitrogen and oxygen atoms in total. The predicted molar refractivity (Wildman–Crippen MR) is 89.9 cm³/mol. The molecule has 2 saturated heterocycles. The van der Waals surface area contributed by atoms with Crippen molar-refractivity contribution < 1.29 is 34.4 Å². The highest BCUT2D eigenvalue weighted by atomic mass is 16.6. The van der Waals surface area contributed by atoms with Gasteiger partial charge in [-0.25, -0.2) is 4.79 Å². The summed E-state index contributed by atoms with van der Waals surface area (Å²) in [6.07, 6.45) is -1.29. The van der Waals surface area contributed by atoms with Crippen LogP contribution in [0.5, 0.6) is 0 Å². The van der Waals surface area contributed by atoms with Gasteiger partial charge in [0.1, 0.15) is 18.8 Å². The molecule has 0 bridgehead atoms. The van der Waals surface area contributed by atoms with Gasteiger partial charge in [-0.3, -0.25) is 9.69 Å². The molecule has 0 saturated carbocycles. The fourth-order valence-corrected chi connectivity index (χ4v) is 4.20. The molecule has 3 aliphatic rings. The van der Waals surface area contributed by atoms with Gasteiger partial charge < -0.3 is 24.8 Å². The summed E-state index contributed by atoms with van der Waals surface area (Å²) in [5.41, 5.74) is -1.81. The van der Waals surface area contributed by atoms with Crippen LogP contribution < -0.4 is 0 Å². The van der Waals surface area contributed by atoms with Gasteiger partial charge in [-0.1, -0.05) is 19.9 Å². The third-order valence-electron chi connectivity index (χ3n) is 5.80. The first kappa shape index (κ1) is 19.3. The van der Waals surface area contributed by atoms with Crippen LogP contribution in [-0.2, 0) is 19.1 Å². The summed E-state index contributed by atoms with van der Waals surface area (Å²) < 4.78 is 11.0. The van der Waals surface area contributed by atoms with E-state index in [1.54, 1.807) is 13.8 Å². The summed E-state index contributed by atoms with van der Waals surface area (Å²) in [6, 6.07) is -0.158. The maximum Gasteiger partial charge on any atom is 0.344 e. The summed E-state index contributed by atoms with van der Waals surface area (Å²) in [5.74, 6) is -3.43. The predicted octanol–water partition coefficient (Wildman–Crippen LogP) is -0.786. The van der Waals surface area contributed by atoms with Gasteiger partial charge in [0.15, 0.2) is 0 Å². The molecule has 3 aliphatic heterocycles. The number of ether oxygens (including phenoxy) is 2. The van der Waals surface area contributed by atoms with Crippen molar-refractivity contribution in [3.63, 3.8) is 0 Å². The molecule has 3 heterocycles. The van der Waals surface area contributed by atoms with Gasteiger partial charge in [0.2, 0.25) is 5.60 Å². The molecular formula is C18H27NO7. The fraction of sp³-hybridized carbons (Fsp3) is 0.778. The molecule has 6 atom stereocenters. The van der Waals surface area contributed by atoms with Gasteiger partial charge in [0.05, 0.1) is 18.1 Å². The normalized spacial score (nSPS) is 39.7. The van der Waals surface area contributed by atoms with Crippen LogP contribution in [0.25, 0.3) is 0 Å². The Hall–Kier alpha value is -1.48. The summed E-state index contributed by atoms with van der Waals surface area (Å²) >= 11 is 0. The lowest BCUT2D eigenvalue weighted by Crippen LogP contribution is -2.62. The first-order valence-corrected chi connectivity index (χ1v) is 9.07. The second kappa shape index (κ2) is 6.92. The third-order valence-corrected chi connectivity index (χ3v) is 5.80. The quantitative estimate of drug-likeness (QED) is 0.429. The van der Waals surface area contributed by atoms with Crippen molar-refractivity contribution in [2.45, 2.75) is 57.1 Å². The van der Waals surface area contributed by atoms with Crippen LogP contribution in [-0.4, -0.2) is 81.8 Å². The van der Waals surface area contributed by atoms with Crippen molar-refractivity contribution >= 4 is 11.9 Å². The SMILES string of the molecule is CC(C)C1C(=O)OC2CCN3CC=C(COC(=O)C(O)(C(C)O)C1O)C23. The number of nitrogens with zero attached hydrogens (tertiary/aromatic N) is 1. The second-order valence-electron chi connectivity index (χ2n) is 7.77. The lowest BCUT2D eigenvalue weighted by Gasteiger charge is -2.37. The number of cyclic esters (lactones) is 1. The minimum Gasteiger partial charge on any atom is -0.460 e. The average Bonchev–Trinajstić information content (AvgIpc) is 3.13. The van der Waals surface area contributed by atoms with E-state index < -0.39 is 41.6 Å². The minimum absolute atomic E-state index is 0.0812. The van der Waals surface area contributed by atoms with E-state index in [0.717, 1.165) is 12.1 Å². The van der Waals surface area contributed by atoms with Crippen LogP contribution in [0.2, 0.25) is 0 Å². The molecule has 0 aromatic rings. The zero-order valence-corrected chi connectivity index (χ0v) is 15.3. The van der Waals surface area contributed by atoms with Gasteiger partial charge in [-0.05, 0) is 24.8 Å².